The molecule has 0 heterocycles. The van der Waals surface area contributed by atoms with Crippen molar-refractivity contribution in [2.45, 2.75) is 31.4 Å². The van der Waals surface area contributed by atoms with Gasteiger partial charge in [-0.15, -0.1) is 0 Å². The summed E-state index contributed by atoms with van der Waals surface area (Å²) in [6.45, 7) is 8.80. The van der Waals surface area contributed by atoms with Crippen LogP contribution < -0.4 is 0 Å². The second kappa shape index (κ2) is 6.22. The van der Waals surface area contributed by atoms with Gasteiger partial charge in [-0.3, -0.25) is 4.79 Å². The molecule has 0 spiro atoms. The molecule has 0 saturated carbocycles. The average molecular weight is 264 g/mol. The van der Waals surface area contributed by atoms with E-state index in [4.69, 9.17) is 0 Å². The van der Waals surface area contributed by atoms with Crippen LogP contribution in [-0.4, -0.2) is 13.2 Å². The monoisotopic (exact) mass is 264 g/mol. The second-order valence-corrected chi connectivity index (χ2v) is 11.9. The molecule has 0 fully saturated rings. The number of carbonyl (C=O) groups excluding carboxylic acids is 1. The Labute approximate surface area is 109 Å². The smallest absolute Gasteiger partial charge is 0.212 e. The fourth-order valence-corrected chi connectivity index (χ4v) is 5.36. The Morgan fingerprint density at radius 1 is 1.24 bits per heavy atom. The minimum absolute atomic E-state index is 0.156. The first-order chi connectivity index (χ1) is 7.95. The molecule has 1 aromatic carbocycles. The maximum atomic E-state index is 11.8. The molecule has 1 nitrogen and oxygen atoms in total. The Hall–Kier alpha value is -0.803. The van der Waals surface area contributed by atoms with Gasteiger partial charge in [0, 0.05) is 4.87 Å². The summed E-state index contributed by atoms with van der Waals surface area (Å²) in [6.07, 6.45) is 3.46. The number of allylic oxidation sites excluding steroid dienone is 1. The Balaban J connectivity index is 2.94. The topological polar surface area (TPSA) is 17.1 Å². The lowest BCUT2D eigenvalue weighted by molar-refractivity contribution is -0.107. The van der Waals surface area contributed by atoms with Crippen molar-refractivity contribution < 1.29 is 4.79 Å². The number of rotatable bonds is 4. The van der Waals surface area contributed by atoms with Crippen LogP contribution in [0.4, 0.5) is 0 Å². The Morgan fingerprint density at radius 2 is 1.82 bits per heavy atom. The molecule has 0 aliphatic rings. The predicted octanol–water partition coefficient (Wildman–Crippen LogP) is 4.44. The molecule has 1 aromatic rings. The van der Waals surface area contributed by atoms with Crippen LogP contribution in [0.3, 0.4) is 0 Å². The summed E-state index contributed by atoms with van der Waals surface area (Å²) in [6, 6.07) is 10.4. The van der Waals surface area contributed by atoms with Crippen molar-refractivity contribution in [3.05, 3.63) is 48.0 Å². The Morgan fingerprint density at radius 3 is 2.29 bits per heavy atom. The molecule has 17 heavy (non-hydrogen) atoms. The number of benzene rings is 1. The van der Waals surface area contributed by atoms with E-state index in [9.17, 15) is 4.79 Å². The lowest BCUT2D eigenvalue weighted by atomic mass is 10.2. The Kier molecular flexibility index (Phi) is 5.21. The third kappa shape index (κ3) is 4.52. The van der Waals surface area contributed by atoms with Gasteiger partial charge in [-0.2, -0.15) is 0 Å². The molecule has 0 aliphatic heterocycles. The molecular weight excluding hydrogens is 244 g/mol. The third-order valence-corrected chi connectivity index (χ3v) is 7.68. The van der Waals surface area contributed by atoms with Gasteiger partial charge in [-0.05, 0) is 18.6 Å². The zero-order chi connectivity index (χ0) is 12.9. The van der Waals surface area contributed by atoms with Crippen LogP contribution in [0, 0.1) is 0 Å². The van der Waals surface area contributed by atoms with Gasteiger partial charge in [0.05, 0.1) is 8.07 Å². The highest BCUT2D eigenvalue weighted by atomic mass is 32.2. The molecule has 0 N–H and O–H groups in total. The van der Waals surface area contributed by atoms with Crippen molar-refractivity contribution in [3.63, 3.8) is 0 Å². The quantitative estimate of drug-likeness (QED) is 0.590. The molecule has 1 rings (SSSR count). The number of hydrogen-bond donors (Lipinski definition) is 0. The van der Waals surface area contributed by atoms with E-state index >= 15 is 0 Å². The summed E-state index contributed by atoms with van der Waals surface area (Å²) in [5.41, 5.74) is 1.27. The van der Waals surface area contributed by atoms with Gasteiger partial charge in [-0.1, -0.05) is 67.8 Å². The standard InChI is InChI=1S/C14H20OSSi/c1-5-9-13(15)16-14(17(2,3)4)12-10-7-6-8-11-12/h5-11,14H,1-4H3/b9-5+. The molecule has 3 heteroatoms. The van der Waals surface area contributed by atoms with Crippen molar-refractivity contribution in [2.75, 3.05) is 0 Å². The summed E-state index contributed by atoms with van der Waals surface area (Å²) in [5, 5.41) is 0.156. The predicted molar refractivity (Wildman–Crippen MR) is 79.9 cm³/mol. The molecule has 0 radical (unpaired) electrons. The average Bonchev–Trinajstić information content (AvgIpc) is 2.26. The minimum Gasteiger partial charge on any atom is -0.282 e. The van der Waals surface area contributed by atoms with Crippen LogP contribution in [0.5, 0.6) is 0 Å². The maximum Gasteiger partial charge on any atom is 0.212 e. The summed E-state index contributed by atoms with van der Waals surface area (Å²) in [5.74, 6) is 0. The molecule has 0 amide bonds. The molecule has 0 aliphatic carbocycles. The second-order valence-electron chi connectivity index (χ2n) is 5.09. The first kappa shape index (κ1) is 14.3. The van der Waals surface area contributed by atoms with Crippen molar-refractivity contribution in [1.82, 2.24) is 0 Å². The van der Waals surface area contributed by atoms with Gasteiger partial charge in [0.25, 0.3) is 0 Å². The van der Waals surface area contributed by atoms with Crippen molar-refractivity contribution in [1.29, 1.82) is 0 Å². The molecule has 1 unspecified atom stereocenters. The van der Waals surface area contributed by atoms with Crippen LogP contribution in [0.15, 0.2) is 42.5 Å². The van der Waals surface area contributed by atoms with E-state index in [1.165, 1.54) is 17.3 Å². The highest BCUT2D eigenvalue weighted by molar-refractivity contribution is 8.15. The van der Waals surface area contributed by atoms with E-state index < -0.39 is 8.07 Å². The fraction of sp³-hybridized carbons (Fsp3) is 0.357. The van der Waals surface area contributed by atoms with E-state index in [0.717, 1.165) is 0 Å². The van der Waals surface area contributed by atoms with Gasteiger partial charge < -0.3 is 0 Å². The zero-order valence-corrected chi connectivity index (χ0v) is 12.8. The van der Waals surface area contributed by atoms with Crippen molar-refractivity contribution >= 4 is 25.0 Å². The normalized spacial score (nSPS) is 13.9. The van der Waals surface area contributed by atoms with Crippen LogP contribution in [0.1, 0.15) is 17.4 Å². The van der Waals surface area contributed by atoms with E-state index in [0.29, 0.717) is 4.87 Å². The summed E-state index contributed by atoms with van der Waals surface area (Å²) >= 11 is 1.47. The summed E-state index contributed by atoms with van der Waals surface area (Å²) in [4.78, 5) is 12.1. The van der Waals surface area contributed by atoms with Gasteiger partial charge in [-0.25, -0.2) is 0 Å². The van der Waals surface area contributed by atoms with Crippen LogP contribution in [-0.2, 0) is 4.79 Å². The van der Waals surface area contributed by atoms with Crippen molar-refractivity contribution in [2.24, 2.45) is 0 Å². The van der Waals surface area contributed by atoms with Gasteiger partial charge in [0.15, 0.2) is 0 Å². The van der Waals surface area contributed by atoms with Gasteiger partial charge in [0.2, 0.25) is 5.12 Å². The SMILES string of the molecule is C/C=C/C(=O)SC(c1ccccc1)[Si](C)(C)C. The lowest BCUT2D eigenvalue weighted by Crippen LogP contribution is -2.29. The molecule has 0 bridgehead atoms. The molecular formula is C14H20OSSi. The van der Waals surface area contributed by atoms with E-state index in [1.807, 2.05) is 31.2 Å². The molecule has 1 atom stereocenters. The fourth-order valence-electron chi connectivity index (χ4n) is 1.66. The minimum atomic E-state index is -1.41. The molecule has 92 valence electrons. The van der Waals surface area contributed by atoms with E-state index in [1.54, 1.807) is 6.08 Å². The third-order valence-electron chi connectivity index (χ3n) is 2.43. The van der Waals surface area contributed by atoms with E-state index in [2.05, 4.69) is 31.8 Å². The first-order valence-corrected chi connectivity index (χ1v) is 10.3. The number of carbonyl (C=O) groups is 1. The first-order valence-electron chi connectivity index (χ1n) is 5.83. The van der Waals surface area contributed by atoms with E-state index in [-0.39, 0.29) is 5.12 Å². The highest BCUT2D eigenvalue weighted by Gasteiger charge is 2.30. The summed E-state index contributed by atoms with van der Waals surface area (Å²) in [7, 11) is -1.41. The number of thioether (sulfide) groups is 1. The summed E-state index contributed by atoms with van der Waals surface area (Å²) < 4.78 is 0. The van der Waals surface area contributed by atoms with Gasteiger partial charge in [0.1, 0.15) is 0 Å². The van der Waals surface area contributed by atoms with Crippen LogP contribution in [0.25, 0.3) is 0 Å². The molecule has 0 saturated heterocycles. The highest BCUT2D eigenvalue weighted by Crippen LogP contribution is 2.37. The van der Waals surface area contributed by atoms with Crippen LogP contribution in [0.2, 0.25) is 19.6 Å². The molecule has 0 aromatic heterocycles. The zero-order valence-electron chi connectivity index (χ0n) is 10.9. The Bertz CT molecular complexity index is 392. The maximum absolute atomic E-state index is 11.8. The lowest BCUT2D eigenvalue weighted by Gasteiger charge is -2.27. The van der Waals surface area contributed by atoms with Crippen LogP contribution >= 0.6 is 11.8 Å². The van der Waals surface area contributed by atoms with Crippen molar-refractivity contribution in [3.8, 4) is 0 Å². The largest absolute Gasteiger partial charge is 0.282 e. The number of hydrogen-bond acceptors (Lipinski definition) is 2. The van der Waals surface area contributed by atoms with Gasteiger partial charge >= 0.3 is 0 Å².